The minimum Gasteiger partial charge on any atom is -0.396 e. The number of benzene rings is 1. The number of hydrogen-bond acceptors (Lipinski definition) is 2. The van der Waals surface area contributed by atoms with E-state index in [1.54, 1.807) is 18.2 Å². The minimum absolute atomic E-state index is 0.119. The predicted molar refractivity (Wildman–Crippen MR) is 79.4 cm³/mol. The summed E-state index contributed by atoms with van der Waals surface area (Å²) >= 11 is 9.25. The molecule has 0 saturated heterocycles. The Bertz CT molecular complexity index is 447. The first-order chi connectivity index (χ1) is 9.10. The molecule has 2 rings (SSSR count). The van der Waals surface area contributed by atoms with Crippen LogP contribution in [0.25, 0.3) is 0 Å². The SMILES string of the molecule is O=C(NCC1CCCC1CO)c1cc(Cl)cc(Br)c1. The van der Waals surface area contributed by atoms with Gasteiger partial charge in [-0.1, -0.05) is 34.0 Å². The Hall–Kier alpha value is -0.580. The molecule has 2 atom stereocenters. The zero-order valence-corrected chi connectivity index (χ0v) is 12.9. The van der Waals surface area contributed by atoms with E-state index in [1.807, 2.05) is 0 Å². The van der Waals surface area contributed by atoms with E-state index in [2.05, 4.69) is 21.2 Å². The van der Waals surface area contributed by atoms with E-state index in [1.165, 1.54) is 0 Å². The molecule has 3 nitrogen and oxygen atoms in total. The second-order valence-electron chi connectivity index (χ2n) is 5.00. The van der Waals surface area contributed by atoms with Crippen molar-refractivity contribution in [3.05, 3.63) is 33.3 Å². The fourth-order valence-corrected chi connectivity index (χ4v) is 3.49. The lowest BCUT2D eigenvalue weighted by Gasteiger charge is -2.17. The van der Waals surface area contributed by atoms with Gasteiger partial charge in [-0.2, -0.15) is 0 Å². The van der Waals surface area contributed by atoms with Crippen LogP contribution in [0, 0.1) is 11.8 Å². The van der Waals surface area contributed by atoms with Crippen LogP contribution in [-0.4, -0.2) is 24.2 Å². The van der Waals surface area contributed by atoms with Gasteiger partial charge in [0.25, 0.3) is 5.91 Å². The molecule has 1 aromatic carbocycles. The molecule has 1 fully saturated rings. The Balaban J connectivity index is 1.94. The minimum atomic E-state index is -0.119. The molecule has 2 unspecified atom stereocenters. The third-order valence-electron chi connectivity index (χ3n) is 3.70. The van der Waals surface area contributed by atoms with E-state index in [4.69, 9.17) is 11.6 Å². The molecule has 2 N–H and O–H groups in total. The molecular formula is C14H17BrClNO2. The number of rotatable bonds is 4. The zero-order valence-electron chi connectivity index (χ0n) is 10.5. The van der Waals surface area contributed by atoms with E-state index < -0.39 is 0 Å². The Morgan fingerprint density at radius 1 is 1.37 bits per heavy atom. The summed E-state index contributed by atoms with van der Waals surface area (Å²) in [5, 5.41) is 12.7. The van der Waals surface area contributed by atoms with Gasteiger partial charge in [0, 0.05) is 28.2 Å². The molecule has 1 aromatic rings. The Morgan fingerprint density at radius 3 is 2.79 bits per heavy atom. The average molecular weight is 347 g/mol. The fourth-order valence-electron chi connectivity index (χ4n) is 2.63. The molecule has 104 valence electrons. The third-order valence-corrected chi connectivity index (χ3v) is 4.38. The highest BCUT2D eigenvalue weighted by Gasteiger charge is 2.26. The number of aliphatic hydroxyl groups is 1. The molecule has 0 spiro atoms. The summed E-state index contributed by atoms with van der Waals surface area (Å²) in [4.78, 5) is 12.0. The van der Waals surface area contributed by atoms with Gasteiger partial charge >= 0.3 is 0 Å². The van der Waals surface area contributed by atoms with Crippen molar-refractivity contribution >= 4 is 33.4 Å². The smallest absolute Gasteiger partial charge is 0.251 e. The lowest BCUT2D eigenvalue weighted by Crippen LogP contribution is -2.31. The van der Waals surface area contributed by atoms with E-state index in [0.29, 0.717) is 29.0 Å². The monoisotopic (exact) mass is 345 g/mol. The van der Waals surface area contributed by atoms with Gasteiger partial charge in [0.15, 0.2) is 0 Å². The number of hydrogen-bond donors (Lipinski definition) is 2. The van der Waals surface area contributed by atoms with Crippen LogP contribution in [0.4, 0.5) is 0 Å². The van der Waals surface area contributed by atoms with Gasteiger partial charge in [-0.05, 0) is 42.9 Å². The number of halogens is 2. The van der Waals surface area contributed by atoms with Crippen LogP contribution in [0.3, 0.4) is 0 Å². The van der Waals surface area contributed by atoms with Gasteiger partial charge in [-0.3, -0.25) is 4.79 Å². The van der Waals surface area contributed by atoms with Gasteiger partial charge in [0.1, 0.15) is 0 Å². The maximum atomic E-state index is 12.0. The summed E-state index contributed by atoms with van der Waals surface area (Å²) in [6, 6.07) is 5.15. The standard InChI is InChI=1S/C14H17BrClNO2/c15-12-4-11(5-13(16)6-12)14(19)17-7-9-2-1-3-10(9)8-18/h4-6,9-10,18H,1-3,7-8H2,(H,17,19). The normalized spacial score (nSPS) is 22.5. The highest BCUT2D eigenvalue weighted by Crippen LogP contribution is 2.30. The van der Waals surface area contributed by atoms with Gasteiger partial charge < -0.3 is 10.4 Å². The second kappa shape index (κ2) is 6.73. The molecule has 0 aliphatic heterocycles. The van der Waals surface area contributed by atoms with E-state index in [-0.39, 0.29) is 12.5 Å². The van der Waals surface area contributed by atoms with Crippen molar-refractivity contribution in [3.8, 4) is 0 Å². The fraction of sp³-hybridized carbons (Fsp3) is 0.500. The van der Waals surface area contributed by atoms with Crippen LogP contribution in [0.15, 0.2) is 22.7 Å². The average Bonchev–Trinajstić information content (AvgIpc) is 2.82. The van der Waals surface area contributed by atoms with Crippen molar-refractivity contribution < 1.29 is 9.90 Å². The topological polar surface area (TPSA) is 49.3 Å². The summed E-state index contributed by atoms with van der Waals surface area (Å²) in [7, 11) is 0. The molecule has 1 saturated carbocycles. The molecule has 0 radical (unpaired) electrons. The lowest BCUT2D eigenvalue weighted by molar-refractivity contribution is 0.0937. The first kappa shape index (κ1) is 14.8. The summed E-state index contributed by atoms with van der Waals surface area (Å²) in [5.74, 6) is 0.592. The number of amides is 1. The van der Waals surface area contributed by atoms with Crippen molar-refractivity contribution in [2.45, 2.75) is 19.3 Å². The zero-order chi connectivity index (χ0) is 13.8. The first-order valence-electron chi connectivity index (χ1n) is 6.45. The second-order valence-corrected chi connectivity index (χ2v) is 6.35. The maximum absolute atomic E-state index is 12.0. The molecule has 1 amide bonds. The summed E-state index contributed by atoms with van der Waals surface area (Å²) < 4.78 is 0.791. The lowest BCUT2D eigenvalue weighted by atomic mass is 9.97. The van der Waals surface area contributed by atoms with Gasteiger partial charge in [0.05, 0.1) is 0 Å². The Morgan fingerprint density at radius 2 is 2.11 bits per heavy atom. The Labute approximate surface area is 126 Å². The van der Waals surface area contributed by atoms with E-state index in [0.717, 1.165) is 23.7 Å². The first-order valence-corrected chi connectivity index (χ1v) is 7.62. The molecule has 0 aromatic heterocycles. The molecule has 5 heteroatoms. The van der Waals surface area contributed by atoms with Crippen LogP contribution in [0.5, 0.6) is 0 Å². The Kier molecular flexibility index (Phi) is 5.25. The summed E-state index contributed by atoms with van der Waals surface area (Å²) in [6.07, 6.45) is 3.26. The molecule has 19 heavy (non-hydrogen) atoms. The molecule has 1 aliphatic rings. The number of nitrogens with one attached hydrogen (secondary N) is 1. The van der Waals surface area contributed by atoms with Crippen LogP contribution in [-0.2, 0) is 0 Å². The van der Waals surface area contributed by atoms with Crippen LogP contribution in [0.1, 0.15) is 29.6 Å². The van der Waals surface area contributed by atoms with Crippen LogP contribution in [0.2, 0.25) is 5.02 Å². The molecule has 0 heterocycles. The van der Waals surface area contributed by atoms with Crippen molar-refractivity contribution in [2.24, 2.45) is 11.8 Å². The molecule has 0 bridgehead atoms. The van der Waals surface area contributed by atoms with Crippen molar-refractivity contribution in [3.63, 3.8) is 0 Å². The number of carbonyl (C=O) groups is 1. The van der Waals surface area contributed by atoms with Gasteiger partial charge in [-0.15, -0.1) is 0 Å². The van der Waals surface area contributed by atoms with Gasteiger partial charge in [-0.25, -0.2) is 0 Å². The quantitative estimate of drug-likeness (QED) is 0.879. The third kappa shape index (κ3) is 3.94. The highest BCUT2D eigenvalue weighted by atomic mass is 79.9. The summed E-state index contributed by atoms with van der Waals surface area (Å²) in [6.45, 7) is 0.831. The highest BCUT2D eigenvalue weighted by molar-refractivity contribution is 9.10. The van der Waals surface area contributed by atoms with E-state index >= 15 is 0 Å². The van der Waals surface area contributed by atoms with Gasteiger partial charge in [0.2, 0.25) is 0 Å². The summed E-state index contributed by atoms with van der Waals surface area (Å²) in [5.41, 5.74) is 0.554. The van der Waals surface area contributed by atoms with Crippen molar-refractivity contribution in [1.82, 2.24) is 5.32 Å². The van der Waals surface area contributed by atoms with Crippen molar-refractivity contribution in [2.75, 3.05) is 13.2 Å². The van der Waals surface area contributed by atoms with E-state index in [9.17, 15) is 9.90 Å². The molecule has 1 aliphatic carbocycles. The van der Waals surface area contributed by atoms with Crippen LogP contribution >= 0.6 is 27.5 Å². The predicted octanol–water partition coefficient (Wildman–Crippen LogP) is 3.24. The largest absolute Gasteiger partial charge is 0.396 e. The number of aliphatic hydroxyl groups excluding tert-OH is 1. The number of carbonyl (C=O) groups excluding carboxylic acids is 1. The maximum Gasteiger partial charge on any atom is 0.251 e. The molecular weight excluding hydrogens is 330 g/mol. The van der Waals surface area contributed by atoms with Crippen LogP contribution < -0.4 is 5.32 Å². The van der Waals surface area contributed by atoms with Crippen molar-refractivity contribution in [1.29, 1.82) is 0 Å².